The Morgan fingerprint density at radius 3 is 0.973 bits per heavy atom. The maximum Gasteiger partial charge on any atom is 0.276 e. The monoisotopic (exact) mass is 2200 g/mol. The van der Waals surface area contributed by atoms with E-state index in [4.69, 9.17) is 49.2 Å². The standard InChI is InChI=1S/C14H10ClF2IN2O2.C14H12IN3O4.C13H7BrF3IN2O2.C13H7ClF3IN2O2.C13H7F4IN2O2/c1-6-4-7(18)2-3-10(6)19-13-8(14(21)20-22)5-9(15)11(16)12(13)17;1-8-6-9(15)2-5-12(8)16-13-7-10(18(21)22)3-4-11(13)14(19)17-20;2*14-7-4-6(13(21)20-22)12(11(17)10(7)16)19-9-2-1-5(18)3-8(9)15;14-7-3-5(18)1-2-9(7)19-12-6(13(21)20-22)4-8(15)10(16)11(12)17/h2-5,19,22H,1H3,(H,20,21);2-7,16,20H,1H3,(H,17,19);3*1-4,19,22H,(H,20,21). The van der Waals surface area contributed by atoms with Gasteiger partial charge in [-0.3, -0.25) is 60.1 Å². The highest BCUT2D eigenvalue weighted by Crippen LogP contribution is 2.38. The number of hydrogen-bond donors (Lipinski definition) is 15. The quantitative estimate of drug-likeness (QED) is 0.0107. The number of amides is 5. The van der Waals surface area contributed by atoms with Crippen LogP contribution in [0.25, 0.3) is 0 Å². The van der Waals surface area contributed by atoms with E-state index >= 15 is 0 Å². The van der Waals surface area contributed by atoms with E-state index in [1.54, 1.807) is 25.1 Å². The number of non-ortho nitro benzene ring substituents is 1. The second-order valence-electron chi connectivity index (χ2n) is 21.2. The predicted molar refractivity (Wildman–Crippen MR) is 424 cm³/mol. The number of hydroxylamine groups is 5. The molecule has 10 aromatic carbocycles. The van der Waals surface area contributed by atoms with Gasteiger partial charge in [-0.05, 0) is 275 Å². The number of hydrogen-bond acceptors (Lipinski definition) is 17. The lowest BCUT2D eigenvalue weighted by molar-refractivity contribution is -0.384. The summed E-state index contributed by atoms with van der Waals surface area (Å²) in [7, 11) is 0. The maximum atomic E-state index is 14.1. The second-order valence-corrected chi connectivity index (χ2v) is 29.1. The Kier molecular flexibility index (Phi) is 33.9. The fraction of sp³-hybridized carbons (Fsp3) is 0.0299. The Balaban J connectivity index is 0.000000215. The maximum absolute atomic E-state index is 14.1. The number of carbonyl (C=O) groups excluding carboxylic acids is 5. The second kappa shape index (κ2) is 41.2. The van der Waals surface area contributed by atoms with Crippen LogP contribution in [0.15, 0.2) is 138 Å². The van der Waals surface area contributed by atoms with Crippen LogP contribution < -0.4 is 54.0 Å². The smallest absolute Gasteiger partial charge is 0.276 e. The van der Waals surface area contributed by atoms with Gasteiger partial charge in [0, 0.05) is 41.4 Å². The molecule has 0 aliphatic rings. The third-order valence-electron chi connectivity index (χ3n) is 14.1. The summed E-state index contributed by atoms with van der Waals surface area (Å²) in [5.41, 5.74) is 4.86. The average Bonchev–Trinajstić information content (AvgIpc) is 0.803. The van der Waals surface area contributed by atoms with Crippen molar-refractivity contribution in [2.75, 3.05) is 26.6 Å². The van der Waals surface area contributed by atoms with Crippen molar-refractivity contribution in [1.29, 1.82) is 0 Å². The fourth-order valence-electron chi connectivity index (χ4n) is 8.82. The van der Waals surface area contributed by atoms with E-state index in [1.807, 2.05) is 99.0 Å². The van der Waals surface area contributed by atoms with Gasteiger partial charge in [-0.25, -0.2) is 80.1 Å². The van der Waals surface area contributed by atoms with Gasteiger partial charge < -0.3 is 26.6 Å². The highest BCUT2D eigenvalue weighted by atomic mass is 127. The average molecular weight is 2210 g/mol. The van der Waals surface area contributed by atoms with Crippen LogP contribution in [0.3, 0.4) is 0 Å². The van der Waals surface area contributed by atoms with Crippen LogP contribution in [0.1, 0.15) is 62.9 Å². The molecule has 10 aromatic rings. The summed E-state index contributed by atoms with van der Waals surface area (Å²) >= 11 is 23.7. The van der Waals surface area contributed by atoms with Crippen molar-refractivity contribution >= 4 is 244 Å². The lowest BCUT2D eigenvalue weighted by Crippen LogP contribution is -2.21. The van der Waals surface area contributed by atoms with Crippen LogP contribution in [0.4, 0.5) is 115 Å². The topological polar surface area (TPSA) is 350 Å². The molecule has 0 spiro atoms. The molecular formula is C67H43BrCl2F12I5N11O12. The number of nitro groups is 1. The Bertz CT molecular complexity index is 4750. The van der Waals surface area contributed by atoms with Crippen LogP contribution in [-0.4, -0.2) is 60.5 Å². The molecule has 5 amide bonds. The number of rotatable bonds is 16. The molecule has 0 atom stereocenters. The van der Waals surface area contributed by atoms with Gasteiger partial charge in [-0.1, -0.05) is 23.2 Å². The number of halogens is 20. The van der Waals surface area contributed by atoms with E-state index in [9.17, 15) is 86.8 Å². The third-order valence-corrected chi connectivity index (χ3v) is 18.6. The van der Waals surface area contributed by atoms with Gasteiger partial charge in [-0.15, -0.1) is 0 Å². The van der Waals surface area contributed by atoms with Gasteiger partial charge in [0.1, 0.15) is 17.5 Å². The van der Waals surface area contributed by atoms with Gasteiger partial charge in [-0.2, -0.15) is 0 Å². The van der Waals surface area contributed by atoms with E-state index < -0.39 is 154 Å². The van der Waals surface area contributed by atoms with Gasteiger partial charge in [0.2, 0.25) is 0 Å². The van der Waals surface area contributed by atoms with E-state index in [0.717, 1.165) is 42.5 Å². The van der Waals surface area contributed by atoms with Crippen LogP contribution in [0.2, 0.25) is 10.0 Å². The van der Waals surface area contributed by atoms with Crippen molar-refractivity contribution in [3.8, 4) is 0 Å². The molecule has 10 rings (SSSR count). The molecule has 110 heavy (non-hydrogen) atoms. The first kappa shape index (κ1) is 90.5. The minimum atomic E-state index is -1.83. The molecule has 0 saturated carbocycles. The van der Waals surface area contributed by atoms with Crippen molar-refractivity contribution in [2.45, 2.75) is 13.8 Å². The van der Waals surface area contributed by atoms with Gasteiger partial charge >= 0.3 is 0 Å². The predicted octanol–water partition coefficient (Wildman–Crippen LogP) is 20.0. The first-order valence-corrected chi connectivity index (χ1v) is 36.2. The van der Waals surface area contributed by atoms with Gasteiger partial charge in [0.25, 0.3) is 35.2 Å². The van der Waals surface area contributed by atoms with E-state index in [2.05, 4.69) is 87.7 Å². The molecule has 0 saturated heterocycles. The van der Waals surface area contributed by atoms with Crippen molar-refractivity contribution in [3.05, 3.63) is 285 Å². The van der Waals surface area contributed by atoms with Crippen molar-refractivity contribution in [3.63, 3.8) is 0 Å². The first-order valence-electron chi connectivity index (χ1n) is 29.2. The Labute approximate surface area is 697 Å². The van der Waals surface area contributed by atoms with E-state index in [-0.39, 0.29) is 44.0 Å². The normalized spacial score (nSPS) is 10.4. The van der Waals surface area contributed by atoms with E-state index in [0.29, 0.717) is 28.2 Å². The number of benzene rings is 10. The molecule has 0 radical (unpaired) electrons. The van der Waals surface area contributed by atoms with Crippen LogP contribution >= 0.6 is 152 Å². The lowest BCUT2D eigenvalue weighted by atomic mass is 10.1. The molecule has 0 aliphatic carbocycles. The fourth-order valence-corrected chi connectivity index (χ4v) is 12.3. The van der Waals surface area contributed by atoms with E-state index in [1.165, 1.54) is 88.1 Å². The summed E-state index contributed by atoms with van der Waals surface area (Å²) in [4.78, 5) is 68.2. The summed E-state index contributed by atoms with van der Waals surface area (Å²) < 4.78 is 168. The Morgan fingerprint density at radius 2 is 0.636 bits per heavy atom. The molecular weight excluding hydrogens is 2160 g/mol. The summed E-state index contributed by atoms with van der Waals surface area (Å²) in [6.07, 6.45) is 0. The summed E-state index contributed by atoms with van der Waals surface area (Å²) in [6, 6.07) is 29.6. The molecule has 0 aliphatic heterocycles. The molecule has 23 nitrogen and oxygen atoms in total. The lowest BCUT2D eigenvalue weighted by Gasteiger charge is -2.15. The van der Waals surface area contributed by atoms with Crippen molar-refractivity contribution in [1.82, 2.24) is 27.4 Å². The molecule has 15 N–H and O–H groups in total. The Morgan fingerprint density at radius 1 is 0.345 bits per heavy atom. The molecule has 43 heteroatoms. The Hall–Kier alpha value is -8.38. The zero-order valence-electron chi connectivity index (χ0n) is 54.3. The highest BCUT2D eigenvalue weighted by molar-refractivity contribution is 14.1. The minimum absolute atomic E-state index is 0.103. The number of carbonyl (C=O) groups is 5. The van der Waals surface area contributed by atoms with Crippen LogP contribution in [-0.2, 0) is 0 Å². The number of nitrogens with one attached hydrogen (secondary N) is 10. The zero-order chi connectivity index (χ0) is 82.0. The number of anilines is 10. The number of nitro benzene ring substituents is 1. The van der Waals surface area contributed by atoms with Crippen LogP contribution in [0, 0.1) is 112 Å². The molecule has 0 aromatic heterocycles. The third kappa shape index (κ3) is 23.4. The molecule has 0 heterocycles. The van der Waals surface area contributed by atoms with Crippen molar-refractivity contribution in [2.24, 2.45) is 0 Å². The molecule has 578 valence electrons. The van der Waals surface area contributed by atoms with Gasteiger partial charge in [0.15, 0.2) is 52.4 Å². The van der Waals surface area contributed by atoms with Crippen LogP contribution in [0.5, 0.6) is 0 Å². The van der Waals surface area contributed by atoms with Gasteiger partial charge in [0.05, 0.1) is 92.8 Å². The number of aryl methyl sites for hydroxylation is 2. The SMILES string of the molecule is Cc1cc(I)ccc1Nc1c(C(=O)NO)cc(Cl)c(F)c1F.Cc1cc(I)ccc1Nc1cc([N+](=O)[O-])ccc1C(=O)NO.O=C(NO)c1cc(Br)c(F)c(F)c1Nc1ccc(I)cc1F.O=C(NO)c1cc(Cl)c(F)c(F)c1Nc1ccc(I)cc1F.O=C(NO)c1cc(F)c(F)c(F)c1Nc1ccc(I)cc1F. The zero-order valence-corrected chi connectivity index (χ0v) is 68.2. The highest BCUT2D eigenvalue weighted by Gasteiger charge is 2.28. The molecule has 0 bridgehead atoms. The molecule has 0 fully saturated rings. The molecule has 0 unspecified atom stereocenters. The summed E-state index contributed by atoms with van der Waals surface area (Å²) in [5.74, 6) is -20.7. The van der Waals surface area contributed by atoms with Crippen molar-refractivity contribution < 1.29 is 108 Å². The minimum Gasteiger partial charge on any atom is -0.354 e. The number of nitrogens with zero attached hydrogens (tertiary/aromatic N) is 1. The first-order chi connectivity index (χ1) is 51.8. The summed E-state index contributed by atoms with van der Waals surface area (Å²) in [5, 5.41) is 65.6. The summed E-state index contributed by atoms with van der Waals surface area (Å²) in [6.45, 7) is 3.66. The largest absolute Gasteiger partial charge is 0.354 e.